The Labute approximate surface area is 99.2 Å². The second-order valence-corrected chi connectivity index (χ2v) is 4.27. The average molecular weight is 237 g/mol. The molecule has 1 unspecified atom stereocenters. The van der Waals surface area contributed by atoms with Crippen molar-refractivity contribution in [3.63, 3.8) is 0 Å². The van der Waals surface area contributed by atoms with Crippen molar-refractivity contribution >= 4 is 11.6 Å². The first-order valence-corrected chi connectivity index (χ1v) is 5.49. The van der Waals surface area contributed by atoms with E-state index in [9.17, 15) is 0 Å². The van der Waals surface area contributed by atoms with E-state index in [1.165, 1.54) is 0 Å². The Kier molecular flexibility index (Phi) is 3.27. The van der Waals surface area contributed by atoms with Crippen LogP contribution >= 0.6 is 11.6 Å². The van der Waals surface area contributed by atoms with E-state index in [0.29, 0.717) is 17.3 Å². The maximum atomic E-state index is 5.90. The van der Waals surface area contributed by atoms with Crippen LogP contribution in [0.2, 0.25) is 5.02 Å². The predicted octanol–water partition coefficient (Wildman–Crippen LogP) is 2.88. The summed E-state index contributed by atoms with van der Waals surface area (Å²) in [5, 5.41) is 0.671. The fourth-order valence-corrected chi connectivity index (χ4v) is 1.67. The first-order valence-electron chi connectivity index (χ1n) is 5.11. The summed E-state index contributed by atoms with van der Waals surface area (Å²) in [5.74, 6) is 0.582. The summed E-state index contributed by atoms with van der Waals surface area (Å²) in [6, 6.07) is 7.50. The van der Waals surface area contributed by atoms with Crippen molar-refractivity contribution in [2.75, 3.05) is 0 Å². The first-order chi connectivity index (χ1) is 7.65. The van der Waals surface area contributed by atoms with E-state index in [4.69, 9.17) is 21.8 Å². The molecule has 1 atom stereocenters. The lowest BCUT2D eigenvalue weighted by Crippen LogP contribution is -2.17. The Balaban J connectivity index is 2.24. The highest BCUT2D eigenvalue weighted by molar-refractivity contribution is 6.30. The minimum Gasteiger partial charge on any atom is -0.444 e. The van der Waals surface area contributed by atoms with Gasteiger partial charge in [0.25, 0.3) is 0 Å². The number of rotatable bonds is 3. The number of aromatic nitrogens is 1. The molecule has 3 nitrogen and oxygen atoms in total. The normalized spacial score (nSPS) is 12.7. The average Bonchev–Trinajstić information content (AvgIpc) is 2.65. The predicted molar refractivity (Wildman–Crippen MR) is 64.3 cm³/mol. The van der Waals surface area contributed by atoms with Crippen LogP contribution in [0.4, 0.5) is 0 Å². The van der Waals surface area contributed by atoms with Crippen LogP contribution < -0.4 is 5.73 Å². The van der Waals surface area contributed by atoms with Crippen LogP contribution in [-0.2, 0) is 6.42 Å². The highest BCUT2D eigenvalue weighted by Crippen LogP contribution is 2.22. The summed E-state index contributed by atoms with van der Waals surface area (Å²) in [6.45, 7) is 1.94. The minimum atomic E-state index is 0.0808. The molecule has 0 saturated carbocycles. The molecule has 0 spiro atoms. The highest BCUT2D eigenvalue weighted by atomic mass is 35.5. The van der Waals surface area contributed by atoms with E-state index in [1.54, 1.807) is 6.26 Å². The van der Waals surface area contributed by atoms with Gasteiger partial charge in [-0.25, -0.2) is 4.98 Å². The summed E-state index contributed by atoms with van der Waals surface area (Å²) in [6.07, 6.45) is 2.35. The molecule has 0 fully saturated rings. The topological polar surface area (TPSA) is 52.0 Å². The molecule has 0 bridgehead atoms. The van der Waals surface area contributed by atoms with Crippen molar-refractivity contribution in [2.24, 2.45) is 5.73 Å². The van der Waals surface area contributed by atoms with Crippen molar-refractivity contribution in [3.8, 4) is 11.5 Å². The second kappa shape index (κ2) is 4.68. The monoisotopic (exact) mass is 236 g/mol. The molecular weight excluding hydrogens is 224 g/mol. The molecule has 0 aliphatic carbocycles. The molecule has 0 saturated heterocycles. The molecule has 2 rings (SSSR count). The highest BCUT2D eigenvalue weighted by Gasteiger charge is 2.08. The Morgan fingerprint density at radius 3 is 3.00 bits per heavy atom. The SMILES string of the molecule is CC(N)Cc1coc(-c2cccc(Cl)c2)n1. The third kappa shape index (κ3) is 2.62. The van der Waals surface area contributed by atoms with Gasteiger partial charge in [-0.15, -0.1) is 0 Å². The zero-order chi connectivity index (χ0) is 11.5. The number of hydrogen-bond donors (Lipinski definition) is 1. The van der Waals surface area contributed by atoms with Crippen molar-refractivity contribution < 1.29 is 4.42 Å². The molecule has 0 aliphatic heterocycles. The van der Waals surface area contributed by atoms with Crippen molar-refractivity contribution in [1.29, 1.82) is 0 Å². The van der Waals surface area contributed by atoms with Gasteiger partial charge < -0.3 is 10.2 Å². The number of nitrogens with zero attached hydrogens (tertiary/aromatic N) is 1. The molecule has 0 aliphatic rings. The van der Waals surface area contributed by atoms with Crippen LogP contribution in [-0.4, -0.2) is 11.0 Å². The number of benzene rings is 1. The van der Waals surface area contributed by atoms with Gasteiger partial charge in [-0.1, -0.05) is 17.7 Å². The summed E-state index contributed by atoms with van der Waals surface area (Å²) in [4.78, 5) is 4.36. The number of oxazole rings is 1. The zero-order valence-corrected chi connectivity index (χ0v) is 9.74. The van der Waals surface area contributed by atoms with Crippen molar-refractivity contribution in [1.82, 2.24) is 4.98 Å². The summed E-state index contributed by atoms with van der Waals surface area (Å²) in [7, 11) is 0. The lowest BCUT2D eigenvalue weighted by Gasteiger charge is -1.98. The zero-order valence-electron chi connectivity index (χ0n) is 8.98. The van der Waals surface area contributed by atoms with E-state index in [2.05, 4.69) is 4.98 Å². The molecule has 2 aromatic rings. The van der Waals surface area contributed by atoms with E-state index >= 15 is 0 Å². The van der Waals surface area contributed by atoms with Gasteiger partial charge in [-0.05, 0) is 25.1 Å². The molecule has 1 aromatic carbocycles. The van der Waals surface area contributed by atoms with Gasteiger partial charge in [0.2, 0.25) is 5.89 Å². The van der Waals surface area contributed by atoms with Crippen molar-refractivity contribution in [3.05, 3.63) is 41.2 Å². The molecule has 84 valence electrons. The lowest BCUT2D eigenvalue weighted by molar-refractivity contribution is 0.571. The Hall–Kier alpha value is -1.32. The molecule has 1 aromatic heterocycles. The van der Waals surface area contributed by atoms with Gasteiger partial charge in [0.05, 0.1) is 5.69 Å². The van der Waals surface area contributed by atoms with E-state index < -0.39 is 0 Å². The fourth-order valence-electron chi connectivity index (χ4n) is 1.48. The Morgan fingerprint density at radius 2 is 2.31 bits per heavy atom. The first kappa shape index (κ1) is 11.2. The standard InChI is InChI=1S/C12H13ClN2O/c1-8(14)5-11-7-16-12(15-11)9-3-2-4-10(13)6-9/h2-4,6-8H,5,14H2,1H3. The quantitative estimate of drug-likeness (QED) is 0.892. The largest absolute Gasteiger partial charge is 0.444 e. The molecule has 1 heterocycles. The second-order valence-electron chi connectivity index (χ2n) is 3.84. The van der Waals surface area contributed by atoms with Crippen LogP contribution in [0.5, 0.6) is 0 Å². The molecule has 4 heteroatoms. The van der Waals surface area contributed by atoms with Gasteiger partial charge in [0, 0.05) is 23.0 Å². The third-order valence-corrected chi connectivity index (χ3v) is 2.39. The maximum absolute atomic E-state index is 5.90. The summed E-state index contributed by atoms with van der Waals surface area (Å²) in [5.41, 5.74) is 7.44. The smallest absolute Gasteiger partial charge is 0.226 e. The van der Waals surface area contributed by atoms with Gasteiger partial charge in [-0.3, -0.25) is 0 Å². The van der Waals surface area contributed by atoms with Gasteiger partial charge in [0.1, 0.15) is 6.26 Å². The molecular formula is C12H13ClN2O. The van der Waals surface area contributed by atoms with Crippen molar-refractivity contribution in [2.45, 2.75) is 19.4 Å². The number of halogens is 1. The van der Waals surface area contributed by atoms with E-state index in [1.807, 2.05) is 31.2 Å². The summed E-state index contributed by atoms with van der Waals surface area (Å²) >= 11 is 5.90. The number of nitrogens with two attached hydrogens (primary N) is 1. The van der Waals surface area contributed by atoms with Crippen LogP contribution in [0.3, 0.4) is 0 Å². The lowest BCUT2D eigenvalue weighted by atomic mass is 10.2. The molecule has 2 N–H and O–H groups in total. The molecule has 16 heavy (non-hydrogen) atoms. The molecule has 0 amide bonds. The van der Waals surface area contributed by atoms with E-state index in [-0.39, 0.29) is 6.04 Å². The minimum absolute atomic E-state index is 0.0808. The number of hydrogen-bond acceptors (Lipinski definition) is 3. The Bertz CT molecular complexity index is 479. The fraction of sp³-hybridized carbons (Fsp3) is 0.250. The Morgan fingerprint density at radius 1 is 1.50 bits per heavy atom. The molecule has 0 radical (unpaired) electrons. The van der Waals surface area contributed by atoms with Crippen LogP contribution in [0.1, 0.15) is 12.6 Å². The summed E-state index contributed by atoms with van der Waals surface area (Å²) < 4.78 is 5.38. The third-order valence-electron chi connectivity index (χ3n) is 2.15. The van der Waals surface area contributed by atoms with Gasteiger partial charge >= 0.3 is 0 Å². The van der Waals surface area contributed by atoms with Crippen LogP contribution in [0, 0.1) is 0 Å². The van der Waals surface area contributed by atoms with Gasteiger partial charge in [-0.2, -0.15) is 0 Å². The maximum Gasteiger partial charge on any atom is 0.226 e. The van der Waals surface area contributed by atoms with Crippen LogP contribution in [0.15, 0.2) is 34.9 Å². The van der Waals surface area contributed by atoms with E-state index in [0.717, 1.165) is 11.3 Å². The van der Waals surface area contributed by atoms with Crippen LogP contribution in [0.25, 0.3) is 11.5 Å². The van der Waals surface area contributed by atoms with Gasteiger partial charge in [0.15, 0.2) is 0 Å².